The number of hydrogen-bond acceptors (Lipinski definition) is 4. The van der Waals surface area contributed by atoms with Gasteiger partial charge in [0.05, 0.1) is 0 Å². The number of hydroxylamine groups is 1. The predicted octanol–water partition coefficient (Wildman–Crippen LogP) is 2.91. The monoisotopic (exact) mass is 316 g/mol. The van der Waals surface area contributed by atoms with Gasteiger partial charge in [0, 0.05) is 13.0 Å². The van der Waals surface area contributed by atoms with E-state index in [0.717, 1.165) is 30.3 Å². The highest BCUT2D eigenvalue weighted by atomic mass is 16.5. The molecule has 0 aromatic heterocycles. The Kier molecular flexibility index (Phi) is 4.98. The molecule has 0 atom stereocenters. The van der Waals surface area contributed by atoms with E-state index in [9.17, 15) is 10.0 Å². The first kappa shape index (κ1) is 16.0. The predicted molar refractivity (Wildman–Crippen MR) is 88.9 cm³/mol. The van der Waals surface area contributed by atoms with Crippen LogP contribution in [0.5, 0.6) is 5.75 Å². The van der Waals surface area contributed by atoms with Crippen LogP contribution in [0.25, 0.3) is 0 Å². The highest BCUT2D eigenvalue weighted by Crippen LogP contribution is 2.37. The normalized spacial score (nSPS) is 18.7. The zero-order chi connectivity index (χ0) is 16.2. The molecule has 0 bridgehead atoms. The van der Waals surface area contributed by atoms with Crippen molar-refractivity contribution in [3.8, 4) is 5.75 Å². The summed E-state index contributed by atoms with van der Waals surface area (Å²) in [6.07, 6.45) is 6.46. The van der Waals surface area contributed by atoms with Gasteiger partial charge in [0.25, 0.3) is 5.91 Å². The number of nitrogens with zero attached hydrogens (tertiary/aromatic N) is 2. The molecule has 5 nitrogen and oxygen atoms in total. The second-order valence-corrected chi connectivity index (χ2v) is 6.24. The van der Waals surface area contributed by atoms with Crippen molar-refractivity contribution in [2.24, 2.45) is 0 Å². The summed E-state index contributed by atoms with van der Waals surface area (Å²) in [7, 11) is 0. The average Bonchev–Trinajstić information content (AvgIpc) is 2.57. The van der Waals surface area contributed by atoms with Crippen LogP contribution in [0.15, 0.2) is 24.8 Å². The van der Waals surface area contributed by atoms with Crippen molar-refractivity contribution in [1.29, 1.82) is 0 Å². The average molecular weight is 316 g/mol. The van der Waals surface area contributed by atoms with Gasteiger partial charge in [0.1, 0.15) is 18.0 Å². The van der Waals surface area contributed by atoms with Gasteiger partial charge >= 0.3 is 0 Å². The zero-order valence-electron chi connectivity index (χ0n) is 13.5. The number of amides is 1. The summed E-state index contributed by atoms with van der Waals surface area (Å²) >= 11 is 0. The first-order valence-electron chi connectivity index (χ1n) is 8.32. The summed E-state index contributed by atoms with van der Waals surface area (Å²) in [5.74, 6) is 0.273. The number of aryl methyl sites for hydroxylation is 1. The van der Waals surface area contributed by atoms with E-state index in [4.69, 9.17) is 4.74 Å². The molecule has 0 aliphatic carbocycles. The number of piperidine rings is 1. The van der Waals surface area contributed by atoms with Crippen LogP contribution in [0.1, 0.15) is 36.8 Å². The van der Waals surface area contributed by atoms with Crippen molar-refractivity contribution < 1.29 is 14.7 Å². The maximum atomic E-state index is 11.8. The fourth-order valence-electron chi connectivity index (χ4n) is 3.36. The standard InChI is InChI=1S/C18H24N2O3/c1-2-10-23-16-12-14(13-19-8-4-3-5-9-19)11-15-6-7-17(21)20(22)18(15)16/h2,11-12,22H,1,3-10,13H2. The van der Waals surface area contributed by atoms with Crippen molar-refractivity contribution in [2.75, 3.05) is 24.8 Å². The van der Waals surface area contributed by atoms with Crippen LogP contribution >= 0.6 is 0 Å². The molecule has 1 fully saturated rings. The minimum absolute atomic E-state index is 0.287. The molecular weight excluding hydrogens is 292 g/mol. The van der Waals surface area contributed by atoms with E-state index in [-0.39, 0.29) is 5.91 Å². The number of hydrogen-bond donors (Lipinski definition) is 1. The third-order valence-corrected chi connectivity index (χ3v) is 4.48. The summed E-state index contributed by atoms with van der Waals surface area (Å²) in [4.78, 5) is 14.2. The molecule has 0 spiro atoms. The van der Waals surface area contributed by atoms with Crippen LogP contribution in [0.2, 0.25) is 0 Å². The lowest BCUT2D eigenvalue weighted by Gasteiger charge is -2.29. The van der Waals surface area contributed by atoms with E-state index in [1.165, 1.54) is 24.8 Å². The number of fused-ring (bicyclic) bond motifs is 1. The second kappa shape index (κ2) is 7.15. The molecule has 2 aliphatic rings. The Bertz CT molecular complexity index is 594. The molecule has 124 valence electrons. The summed E-state index contributed by atoms with van der Waals surface area (Å²) < 4.78 is 5.71. The van der Waals surface area contributed by atoms with Crippen LogP contribution in [0.3, 0.4) is 0 Å². The second-order valence-electron chi connectivity index (χ2n) is 6.24. The van der Waals surface area contributed by atoms with E-state index >= 15 is 0 Å². The van der Waals surface area contributed by atoms with Crippen molar-refractivity contribution in [2.45, 2.75) is 38.6 Å². The van der Waals surface area contributed by atoms with Gasteiger partial charge in [-0.05, 0) is 49.5 Å². The highest BCUT2D eigenvalue weighted by Gasteiger charge is 2.27. The molecule has 2 aliphatic heterocycles. The maximum absolute atomic E-state index is 11.8. The van der Waals surface area contributed by atoms with E-state index in [1.807, 2.05) is 6.07 Å². The minimum Gasteiger partial charge on any atom is -0.487 e. The zero-order valence-corrected chi connectivity index (χ0v) is 13.5. The number of benzene rings is 1. The van der Waals surface area contributed by atoms with Crippen LogP contribution in [-0.2, 0) is 17.8 Å². The minimum atomic E-state index is -0.287. The summed E-state index contributed by atoms with van der Waals surface area (Å²) in [6, 6.07) is 4.04. The summed E-state index contributed by atoms with van der Waals surface area (Å²) in [5, 5.41) is 10.8. The Morgan fingerprint density at radius 3 is 2.74 bits per heavy atom. The highest BCUT2D eigenvalue weighted by molar-refractivity contribution is 5.96. The van der Waals surface area contributed by atoms with Crippen LogP contribution in [0.4, 0.5) is 5.69 Å². The molecule has 23 heavy (non-hydrogen) atoms. The van der Waals surface area contributed by atoms with Gasteiger partial charge in [-0.15, -0.1) is 0 Å². The van der Waals surface area contributed by atoms with Gasteiger partial charge in [-0.25, -0.2) is 0 Å². The van der Waals surface area contributed by atoms with E-state index in [0.29, 0.717) is 30.9 Å². The Morgan fingerprint density at radius 1 is 1.22 bits per heavy atom. The number of anilines is 1. The lowest BCUT2D eigenvalue weighted by molar-refractivity contribution is -0.124. The van der Waals surface area contributed by atoms with E-state index in [2.05, 4.69) is 17.5 Å². The maximum Gasteiger partial charge on any atom is 0.251 e. The Labute approximate surface area is 137 Å². The molecule has 1 amide bonds. The number of ether oxygens (including phenoxy) is 1. The van der Waals surface area contributed by atoms with Crippen LogP contribution in [0, 0.1) is 0 Å². The quantitative estimate of drug-likeness (QED) is 0.670. The molecule has 0 saturated carbocycles. The van der Waals surface area contributed by atoms with Gasteiger partial charge < -0.3 is 4.74 Å². The lowest BCUT2D eigenvalue weighted by atomic mass is 9.98. The molecule has 1 aromatic carbocycles. The molecule has 1 N–H and O–H groups in total. The SMILES string of the molecule is C=CCOc1cc(CN2CCCCC2)cc2c1N(O)C(=O)CC2. The smallest absolute Gasteiger partial charge is 0.251 e. The first-order valence-corrected chi connectivity index (χ1v) is 8.32. The van der Waals surface area contributed by atoms with Crippen molar-refractivity contribution in [3.05, 3.63) is 35.9 Å². The fourth-order valence-corrected chi connectivity index (χ4v) is 3.36. The van der Waals surface area contributed by atoms with E-state index in [1.54, 1.807) is 6.08 Å². The fraction of sp³-hybridized carbons (Fsp3) is 0.500. The number of carbonyl (C=O) groups is 1. The topological polar surface area (TPSA) is 53.0 Å². The molecule has 5 heteroatoms. The van der Waals surface area contributed by atoms with Crippen molar-refractivity contribution in [1.82, 2.24) is 4.90 Å². The molecular formula is C18H24N2O3. The van der Waals surface area contributed by atoms with Gasteiger partial charge in [-0.3, -0.25) is 14.9 Å². The van der Waals surface area contributed by atoms with E-state index < -0.39 is 0 Å². The largest absolute Gasteiger partial charge is 0.487 e. The Balaban J connectivity index is 1.89. The van der Waals surface area contributed by atoms with Crippen LogP contribution in [-0.4, -0.2) is 35.7 Å². The van der Waals surface area contributed by atoms with Gasteiger partial charge in [0.15, 0.2) is 0 Å². The molecule has 2 heterocycles. The van der Waals surface area contributed by atoms with Gasteiger partial charge in [-0.2, -0.15) is 5.06 Å². The Hall–Kier alpha value is -1.85. The Morgan fingerprint density at radius 2 is 2.00 bits per heavy atom. The molecule has 1 saturated heterocycles. The van der Waals surface area contributed by atoms with Crippen molar-refractivity contribution >= 4 is 11.6 Å². The summed E-state index contributed by atoms with van der Waals surface area (Å²) in [5.41, 5.74) is 2.64. The van der Waals surface area contributed by atoms with Crippen LogP contribution < -0.4 is 9.80 Å². The van der Waals surface area contributed by atoms with Gasteiger partial charge in [0.2, 0.25) is 0 Å². The summed E-state index contributed by atoms with van der Waals surface area (Å²) in [6.45, 7) is 7.16. The number of carbonyl (C=O) groups excluding carboxylic acids is 1. The number of rotatable bonds is 5. The van der Waals surface area contributed by atoms with Crippen molar-refractivity contribution in [3.63, 3.8) is 0 Å². The molecule has 1 aromatic rings. The number of likely N-dealkylation sites (tertiary alicyclic amines) is 1. The van der Waals surface area contributed by atoms with Gasteiger partial charge in [-0.1, -0.05) is 25.1 Å². The molecule has 0 radical (unpaired) electrons. The molecule has 0 unspecified atom stereocenters. The third-order valence-electron chi connectivity index (χ3n) is 4.48. The third kappa shape index (κ3) is 3.57. The molecule has 3 rings (SSSR count). The first-order chi connectivity index (χ1) is 11.2. The lowest BCUT2D eigenvalue weighted by Crippen LogP contribution is -2.33.